The Balaban J connectivity index is 1.53. The molecule has 2 amide bonds. The number of amides is 2. The largest absolute Gasteiger partial charge is 0.331 e. The second-order valence-corrected chi connectivity index (χ2v) is 6.87. The van der Waals surface area contributed by atoms with Gasteiger partial charge in [-0.2, -0.15) is 10.2 Å². The Morgan fingerprint density at radius 1 is 1.32 bits per heavy atom. The summed E-state index contributed by atoms with van der Waals surface area (Å²) in [7, 11) is 1.92. The number of nitrogens with zero attached hydrogens (tertiary/aromatic N) is 5. The lowest BCUT2D eigenvalue weighted by Gasteiger charge is -2.32. The lowest BCUT2D eigenvalue weighted by Crippen LogP contribution is -2.44. The molecule has 3 rings (SSSR count). The van der Waals surface area contributed by atoms with Gasteiger partial charge in [-0.05, 0) is 45.1 Å². The van der Waals surface area contributed by atoms with Gasteiger partial charge in [0.05, 0.1) is 18.4 Å². The molecule has 3 heterocycles. The van der Waals surface area contributed by atoms with E-state index in [4.69, 9.17) is 0 Å². The maximum absolute atomic E-state index is 12.6. The molecule has 7 nitrogen and oxygen atoms in total. The number of hydrogen-bond donors (Lipinski definition) is 1. The van der Waals surface area contributed by atoms with E-state index in [-0.39, 0.29) is 12.1 Å². The second-order valence-electron chi connectivity index (χ2n) is 6.87. The fraction of sp³-hybridized carbons (Fsp3) is 0.611. The molecule has 2 aromatic rings. The Morgan fingerprint density at radius 2 is 2.04 bits per heavy atom. The van der Waals surface area contributed by atoms with Gasteiger partial charge in [-0.15, -0.1) is 0 Å². The van der Waals surface area contributed by atoms with E-state index in [9.17, 15) is 4.79 Å². The van der Waals surface area contributed by atoms with E-state index in [0.717, 1.165) is 43.7 Å². The summed E-state index contributed by atoms with van der Waals surface area (Å²) in [6, 6.07) is -0.0276. The first-order valence-corrected chi connectivity index (χ1v) is 9.05. The number of piperidine rings is 1. The molecule has 0 aliphatic carbocycles. The SMILES string of the molecule is CCn1cc(C2CCN(C(=O)N[C@H](C)c3cnn(C)c3C)CC2)cn1. The maximum Gasteiger partial charge on any atom is 0.317 e. The van der Waals surface area contributed by atoms with Gasteiger partial charge in [0.15, 0.2) is 0 Å². The third kappa shape index (κ3) is 3.70. The Morgan fingerprint density at radius 3 is 2.60 bits per heavy atom. The number of hydrogen-bond acceptors (Lipinski definition) is 3. The van der Waals surface area contributed by atoms with Crippen molar-refractivity contribution in [1.29, 1.82) is 0 Å². The van der Waals surface area contributed by atoms with Crippen LogP contribution in [0.2, 0.25) is 0 Å². The third-order valence-corrected chi connectivity index (χ3v) is 5.31. The molecule has 1 fully saturated rings. The Labute approximate surface area is 149 Å². The Hall–Kier alpha value is -2.31. The number of carbonyl (C=O) groups is 1. The number of urea groups is 1. The molecule has 0 spiro atoms. The van der Waals surface area contributed by atoms with Gasteiger partial charge in [0.25, 0.3) is 0 Å². The highest BCUT2D eigenvalue weighted by molar-refractivity contribution is 5.74. The molecule has 1 saturated heterocycles. The molecule has 1 N–H and O–H groups in total. The highest BCUT2D eigenvalue weighted by Gasteiger charge is 2.26. The van der Waals surface area contributed by atoms with Gasteiger partial charge in [0.1, 0.15) is 0 Å². The third-order valence-electron chi connectivity index (χ3n) is 5.31. The molecule has 0 bridgehead atoms. The number of nitrogens with one attached hydrogen (secondary N) is 1. The van der Waals surface area contributed by atoms with Gasteiger partial charge in [-0.3, -0.25) is 9.36 Å². The van der Waals surface area contributed by atoms with Crippen molar-refractivity contribution in [3.63, 3.8) is 0 Å². The fourth-order valence-electron chi connectivity index (χ4n) is 3.47. The summed E-state index contributed by atoms with van der Waals surface area (Å²) in [6.45, 7) is 8.58. The lowest BCUT2D eigenvalue weighted by atomic mass is 9.92. The maximum atomic E-state index is 12.6. The van der Waals surface area contributed by atoms with Crippen LogP contribution in [-0.4, -0.2) is 43.6 Å². The van der Waals surface area contributed by atoms with Crippen LogP contribution in [0.15, 0.2) is 18.6 Å². The van der Waals surface area contributed by atoms with Gasteiger partial charge in [-0.1, -0.05) is 0 Å². The van der Waals surface area contributed by atoms with Crippen LogP contribution < -0.4 is 5.32 Å². The highest BCUT2D eigenvalue weighted by Crippen LogP contribution is 2.28. The van der Waals surface area contributed by atoms with Crippen LogP contribution in [0.3, 0.4) is 0 Å². The quantitative estimate of drug-likeness (QED) is 0.927. The first-order valence-electron chi connectivity index (χ1n) is 9.05. The van der Waals surface area contributed by atoms with Crippen LogP contribution in [-0.2, 0) is 13.6 Å². The van der Waals surface area contributed by atoms with Gasteiger partial charge in [0, 0.05) is 44.1 Å². The number of aromatic nitrogens is 4. The summed E-state index contributed by atoms with van der Waals surface area (Å²) in [5, 5.41) is 11.7. The molecule has 0 radical (unpaired) electrons. The first kappa shape index (κ1) is 17.5. The molecule has 0 saturated carbocycles. The van der Waals surface area contributed by atoms with E-state index in [2.05, 4.69) is 28.6 Å². The summed E-state index contributed by atoms with van der Waals surface area (Å²) in [4.78, 5) is 14.5. The summed E-state index contributed by atoms with van der Waals surface area (Å²) in [5.74, 6) is 0.502. The molecule has 2 aromatic heterocycles. The van der Waals surface area contributed by atoms with Crippen LogP contribution in [0.1, 0.15) is 55.5 Å². The summed E-state index contributed by atoms with van der Waals surface area (Å²) >= 11 is 0. The van der Waals surface area contributed by atoms with Crippen molar-refractivity contribution in [2.45, 2.75) is 52.1 Å². The van der Waals surface area contributed by atoms with Crippen LogP contribution in [0.5, 0.6) is 0 Å². The monoisotopic (exact) mass is 344 g/mol. The molecule has 1 aliphatic rings. The predicted molar refractivity (Wildman–Crippen MR) is 96.3 cm³/mol. The van der Waals surface area contributed by atoms with E-state index in [1.54, 1.807) is 0 Å². The minimum atomic E-state index is -0.0401. The molecule has 7 heteroatoms. The fourth-order valence-corrected chi connectivity index (χ4v) is 3.47. The molecule has 136 valence electrons. The summed E-state index contributed by atoms with van der Waals surface area (Å²) < 4.78 is 3.80. The second kappa shape index (κ2) is 7.29. The van der Waals surface area contributed by atoms with Gasteiger partial charge in [-0.25, -0.2) is 4.79 Å². The van der Waals surface area contributed by atoms with Crippen molar-refractivity contribution >= 4 is 6.03 Å². The number of aryl methyl sites for hydroxylation is 2. The van der Waals surface area contributed by atoms with Crippen molar-refractivity contribution in [3.05, 3.63) is 35.4 Å². The van der Waals surface area contributed by atoms with Crippen molar-refractivity contribution < 1.29 is 4.79 Å². The Bertz CT molecular complexity index is 726. The van der Waals surface area contributed by atoms with E-state index in [1.807, 2.05) is 47.6 Å². The zero-order chi connectivity index (χ0) is 18.0. The molecular weight excluding hydrogens is 316 g/mol. The minimum Gasteiger partial charge on any atom is -0.331 e. The van der Waals surface area contributed by atoms with Gasteiger partial charge in [0.2, 0.25) is 0 Å². The summed E-state index contributed by atoms with van der Waals surface area (Å²) in [5.41, 5.74) is 3.44. The number of likely N-dealkylation sites (tertiary alicyclic amines) is 1. The van der Waals surface area contributed by atoms with Crippen molar-refractivity contribution in [2.24, 2.45) is 7.05 Å². The molecule has 1 aliphatic heterocycles. The normalized spacial score (nSPS) is 16.9. The minimum absolute atomic E-state index is 0.0125. The van der Waals surface area contributed by atoms with E-state index in [1.165, 1.54) is 5.56 Å². The van der Waals surface area contributed by atoms with Crippen molar-refractivity contribution in [1.82, 2.24) is 29.8 Å². The molecule has 1 atom stereocenters. The highest BCUT2D eigenvalue weighted by atomic mass is 16.2. The van der Waals surface area contributed by atoms with E-state index >= 15 is 0 Å². The van der Waals surface area contributed by atoms with Crippen molar-refractivity contribution in [3.8, 4) is 0 Å². The van der Waals surface area contributed by atoms with E-state index < -0.39 is 0 Å². The number of rotatable bonds is 4. The van der Waals surface area contributed by atoms with Gasteiger partial charge < -0.3 is 10.2 Å². The first-order chi connectivity index (χ1) is 12.0. The van der Waals surface area contributed by atoms with Crippen LogP contribution in [0.4, 0.5) is 4.79 Å². The molecule has 25 heavy (non-hydrogen) atoms. The summed E-state index contributed by atoms with van der Waals surface area (Å²) in [6.07, 6.45) is 7.91. The van der Waals surface area contributed by atoms with Crippen LogP contribution in [0, 0.1) is 6.92 Å². The zero-order valence-electron chi connectivity index (χ0n) is 15.6. The lowest BCUT2D eigenvalue weighted by molar-refractivity contribution is 0.178. The number of carbonyl (C=O) groups excluding carboxylic acids is 1. The topological polar surface area (TPSA) is 68.0 Å². The molecule has 0 aromatic carbocycles. The van der Waals surface area contributed by atoms with Crippen molar-refractivity contribution in [2.75, 3.05) is 13.1 Å². The standard InChI is InChI=1S/C18H28N6O/c1-5-24-12-16(10-20-24)15-6-8-23(9-7-15)18(25)21-13(2)17-11-19-22(4)14(17)3/h10-13,15H,5-9H2,1-4H3,(H,21,25)/t13-/m1/s1. The van der Waals surface area contributed by atoms with Crippen LogP contribution >= 0.6 is 0 Å². The average Bonchev–Trinajstić information content (AvgIpc) is 3.22. The predicted octanol–water partition coefficient (Wildman–Crippen LogP) is 2.60. The van der Waals surface area contributed by atoms with E-state index in [0.29, 0.717) is 5.92 Å². The smallest absolute Gasteiger partial charge is 0.317 e. The van der Waals surface area contributed by atoms with Gasteiger partial charge >= 0.3 is 6.03 Å². The zero-order valence-corrected chi connectivity index (χ0v) is 15.6. The Kier molecular flexibility index (Phi) is 5.11. The average molecular weight is 344 g/mol. The molecular formula is C18H28N6O. The van der Waals surface area contributed by atoms with Crippen LogP contribution in [0.25, 0.3) is 0 Å². The molecule has 0 unspecified atom stereocenters.